The summed E-state index contributed by atoms with van der Waals surface area (Å²) in [7, 11) is 0.490. The van der Waals surface area contributed by atoms with Crippen molar-refractivity contribution in [1.82, 2.24) is 9.01 Å². The van der Waals surface area contributed by atoms with Gasteiger partial charge in [-0.1, -0.05) is 13.1 Å². The highest BCUT2D eigenvalue weighted by atomic mass is 31.2. The largest absolute Gasteiger partial charge is 0.290 e. The van der Waals surface area contributed by atoms with Gasteiger partial charge in [-0.25, -0.2) is 4.67 Å². The number of hydrogen-bond donors (Lipinski definition) is 0. The predicted octanol–water partition coefficient (Wildman–Crippen LogP) is 1.43. The second-order valence-electron chi connectivity index (χ2n) is 3.99. The molecule has 1 atom stereocenters. The van der Waals surface area contributed by atoms with E-state index in [1.807, 2.05) is 25.4 Å². The van der Waals surface area contributed by atoms with Crippen LogP contribution in [0.4, 0.5) is 0 Å². The Kier molecular flexibility index (Phi) is 2.08. The third-order valence-electron chi connectivity index (χ3n) is 2.68. The highest BCUT2D eigenvalue weighted by molar-refractivity contribution is 7.61. The predicted molar refractivity (Wildman–Crippen MR) is 51.4 cm³/mol. The van der Waals surface area contributed by atoms with Crippen molar-refractivity contribution in [2.75, 3.05) is 26.9 Å². The van der Waals surface area contributed by atoms with Crippen LogP contribution in [0.1, 0.15) is 0 Å². The summed E-state index contributed by atoms with van der Waals surface area (Å²) in [4.78, 5) is 0. The van der Waals surface area contributed by atoms with Gasteiger partial charge in [-0.05, 0) is 14.1 Å². The zero-order valence-corrected chi connectivity index (χ0v) is 9.85. The molecule has 11 heavy (non-hydrogen) atoms. The molecule has 5 heteroatoms. The van der Waals surface area contributed by atoms with Crippen molar-refractivity contribution < 1.29 is 4.57 Å². The molecule has 1 aliphatic rings. The van der Waals surface area contributed by atoms with E-state index in [-0.39, 0.29) is 0 Å². The van der Waals surface area contributed by atoms with Crippen molar-refractivity contribution in [3.63, 3.8) is 0 Å². The molecule has 0 amide bonds. The molecule has 0 bridgehead atoms. The third-order valence-corrected chi connectivity index (χ3v) is 11.2. The third kappa shape index (κ3) is 1.33. The molecule has 3 nitrogen and oxygen atoms in total. The maximum absolute atomic E-state index is 12.0. The van der Waals surface area contributed by atoms with E-state index in [0.717, 1.165) is 6.17 Å². The van der Waals surface area contributed by atoms with Gasteiger partial charge in [0.2, 0.25) is 7.44 Å². The fourth-order valence-electron chi connectivity index (χ4n) is 1.52. The van der Waals surface area contributed by atoms with E-state index in [1.165, 1.54) is 0 Å². The van der Waals surface area contributed by atoms with Crippen LogP contribution in [0.25, 0.3) is 0 Å². The Morgan fingerprint density at radius 1 is 1.36 bits per heavy atom. The summed E-state index contributed by atoms with van der Waals surface area (Å²) >= 11 is 0. The van der Waals surface area contributed by atoms with E-state index in [2.05, 4.69) is 17.4 Å². The van der Waals surface area contributed by atoms with E-state index in [1.54, 1.807) is 0 Å². The van der Waals surface area contributed by atoms with Crippen LogP contribution in [-0.4, -0.2) is 44.2 Å². The standard InChI is InChI=1S/C6H17N2OPSi/c1-7-6-11(4,5)8(2)10(7,3)9/h6H2,1-5H3. The fraction of sp³-hybridized carbons (Fsp3) is 1.00. The molecule has 0 aromatic heterocycles. The van der Waals surface area contributed by atoms with Crippen LogP contribution in [-0.2, 0) is 4.57 Å². The summed E-state index contributed by atoms with van der Waals surface area (Å²) in [5, 5.41) is 0. The van der Waals surface area contributed by atoms with Gasteiger partial charge in [0.05, 0.1) is 0 Å². The van der Waals surface area contributed by atoms with Gasteiger partial charge in [-0.15, -0.1) is 0 Å². The number of hydrogen-bond acceptors (Lipinski definition) is 1. The van der Waals surface area contributed by atoms with Crippen molar-refractivity contribution in [2.45, 2.75) is 13.1 Å². The molecule has 0 saturated carbocycles. The van der Waals surface area contributed by atoms with E-state index in [0.29, 0.717) is 0 Å². The maximum atomic E-state index is 12.0. The highest BCUT2D eigenvalue weighted by Crippen LogP contribution is 2.55. The summed E-state index contributed by atoms with van der Waals surface area (Å²) in [6.07, 6.45) is 1.03. The molecule has 1 rings (SSSR count). The summed E-state index contributed by atoms with van der Waals surface area (Å²) in [6.45, 7) is 6.37. The zero-order valence-electron chi connectivity index (χ0n) is 7.96. The van der Waals surface area contributed by atoms with Crippen LogP contribution in [0.15, 0.2) is 0 Å². The molecule has 0 radical (unpaired) electrons. The second-order valence-corrected chi connectivity index (χ2v) is 11.9. The minimum Gasteiger partial charge on any atom is -0.290 e. The van der Waals surface area contributed by atoms with Crippen LogP contribution in [0.2, 0.25) is 13.1 Å². The first kappa shape index (κ1) is 9.45. The normalized spacial score (nSPS) is 39.7. The van der Waals surface area contributed by atoms with Gasteiger partial charge in [0, 0.05) is 12.8 Å². The van der Waals surface area contributed by atoms with E-state index < -0.39 is 15.7 Å². The monoisotopic (exact) mass is 192 g/mol. The van der Waals surface area contributed by atoms with Crippen molar-refractivity contribution in [3.8, 4) is 0 Å². The lowest BCUT2D eigenvalue weighted by Gasteiger charge is -2.26. The Labute approximate surface area is 69.9 Å². The second kappa shape index (κ2) is 2.43. The first-order valence-electron chi connectivity index (χ1n) is 3.82. The molecule has 66 valence electrons. The molecular formula is C6H17N2OPSi. The molecule has 1 aliphatic heterocycles. The van der Waals surface area contributed by atoms with Gasteiger partial charge >= 0.3 is 0 Å². The van der Waals surface area contributed by atoms with Gasteiger partial charge in [-0.2, -0.15) is 0 Å². The lowest BCUT2D eigenvalue weighted by Crippen LogP contribution is -2.42. The van der Waals surface area contributed by atoms with Crippen LogP contribution < -0.4 is 0 Å². The van der Waals surface area contributed by atoms with Crippen molar-refractivity contribution in [1.29, 1.82) is 0 Å². The van der Waals surface area contributed by atoms with Crippen molar-refractivity contribution in [2.24, 2.45) is 0 Å². The Bertz CT molecular complexity index is 219. The molecule has 0 aromatic rings. The Morgan fingerprint density at radius 2 is 1.82 bits per heavy atom. The van der Waals surface area contributed by atoms with Crippen LogP contribution in [0.3, 0.4) is 0 Å². The van der Waals surface area contributed by atoms with Crippen molar-refractivity contribution in [3.05, 3.63) is 0 Å². The minimum absolute atomic E-state index is 1.03. The summed E-state index contributed by atoms with van der Waals surface area (Å²) in [5.41, 5.74) is 0. The van der Waals surface area contributed by atoms with Gasteiger partial charge in [-0.3, -0.25) is 8.90 Å². The fourth-order valence-corrected chi connectivity index (χ4v) is 10.1. The van der Waals surface area contributed by atoms with E-state index >= 15 is 0 Å². The quantitative estimate of drug-likeness (QED) is 0.428. The summed E-state index contributed by atoms with van der Waals surface area (Å²) in [6, 6.07) is 0. The van der Waals surface area contributed by atoms with E-state index in [9.17, 15) is 4.57 Å². The van der Waals surface area contributed by atoms with Gasteiger partial charge < -0.3 is 0 Å². The number of nitrogens with zero attached hydrogens (tertiary/aromatic N) is 2. The molecule has 1 heterocycles. The molecule has 0 aliphatic carbocycles. The van der Waals surface area contributed by atoms with Crippen LogP contribution in [0.5, 0.6) is 0 Å². The van der Waals surface area contributed by atoms with Gasteiger partial charge in [0.25, 0.3) is 0 Å². The molecule has 0 aromatic carbocycles. The first-order valence-corrected chi connectivity index (χ1v) is 9.03. The lowest BCUT2D eigenvalue weighted by molar-refractivity contribution is 0.499. The van der Waals surface area contributed by atoms with Crippen molar-refractivity contribution >= 4 is 15.7 Å². The average molecular weight is 192 g/mol. The first-order chi connectivity index (χ1) is 4.78. The van der Waals surface area contributed by atoms with Gasteiger partial charge in [0.1, 0.15) is 8.24 Å². The average Bonchev–Trinajstić information content (AvgIpc) is 1.94. The van der Waals surface area contributed by atoms with Crippen LogP contribution in [0, 0.1) is 0 Å². The topological polar surface area (TPSA) is 23.6 Å². The number of rotatable bonds is 0. The van der Waals surface area contributed by atoms with Crippen LogP contribution >= 0.6 is 7.44 Å². The molecule has 0 spiro atoms. The highest BCUT2D eigenvalue weighted by Gasteiger charge is 2.47. The molecular weight excluding hydrogens is 175 g/mol. The molecule has 0 N–H and O–H groups in total. The maximum Gasteiger partial charge on any atom is 0.206 e. The SMILES string of the molecule is CN1C[Si](C)(C)N(C)P1(C)=O. The minimum atomic E-state index is -2.12. The lowest BCUT2D eigenvalue weighted by atomic mass is 11.2. The Balaban J connectivity index is 2.99. The molecule has 1 fully saturated rings. The molecule has 1 unspecified atom stereocenters. The smallest absolute Gasteiger partial charge is 0.206 e. The Morgan fingerprint density at radius 3 is 1.91 bits per heavy atom. The zero-order chi connectivity index (χ0) is 8.86. The van der Waals surface area contributed by atoms with E-state index in [4.69, 9.17) is 0 Å². The summed E-state index contributed by atoms with van der Waals surface area (Å²) < 4.78 is 16.1. The van der Waals surface area contributed by atoms with Gasteiger partial charge in [0.15, 0.2) is 0 Å². The Hall–Kier alpha value is 0.367. The molecule has 1 saturated heterocycles. The summed E-state index contributed by atoms with van der Waals surface area (Å²) in [5.74, 6) is 0.